The van der Waals surface area contributed by atoms with E-state index >= 15 is 0 Å². The number of fused-ring (bicyclic) bond motifs is 1. The van der Waals surface area contributed by atoms with E-state index in [4.69, 9.17) is 0 Å². The van der Waals surface area contributed by atoms with Crippen LogP contribution in [0.15, 0.2) is 30.5 Å². The molecule has 0 radical (unpaired) electrons. The van der Waals surface area contributed by atoms with E-state index in [1.165, 1.54) is 11.8 Å². The Hall–Kier alpha value is -1.90. The lowest BCUT2D eigenvalue weighted by atomic mass is 10.0. The molecule has 0 N–H and O–H groups in total. The van der Waals surface area contributed by atoms with Gasteiger partial charge in [0.05, 0.1) is 12.1 Å². The molecule has 3 rings (SSSR count). The summed E-state index contributed by atoms with van der Waals surface area (Å²) >= 11 is 0. The Morgan fingerprint density at radius 2 is 1.85 bits per heavy atom. The summed E-state index contributed by atoms with van der Waals surface area (Å²) in [4.78, 5) is 18.9. The van der Waals surface area contributed by atoms with Gasteiger partial charge in [-0.1, -0.05) is 24.3 Å². The number of piperidine rings is 1. The number of pyridine rings is 1. The number of amides is 1. The maximum absolute atomic E-state index is 12.4. The molecule has 1 saturated heterocycles. The Kier molecular flexibility index (Phi) is 3.68. The highest BCUT2D eigenvalue weighted by Crippen LogP contribution is 2.21. The molecule has 0 aliphatic carbocycles. The van der Waals surface area contributed by atoms with E-state index in [-0.39, 0.29) is 5.91 Å². The number of likely N-dealkylation sites (tertiary alicyclic amines) is 1. The molecule has 0 unspecified atom stereocenters. The zero-order chi connectivity index (χ0) is 13.9. The van der Waals surface area contributed by atoms with Crippen molar-refractivity contribution in [3.63, 3.8) is 0 Å². The van der Waals surface area contributed by atoms with Crippen molar-refractivity contribution in [1.29, 1.82) is 0 Å². The highest BCUT2D eigenvalue weighted by atomic mass is 16.2. The fraction of sp³-hybridized carbons (Fsp3) is 0.412. The third-order valence-electron chi connectivity index (χ3n) is 4.10. The van der Waals surface area contributed by atoms with Gasteiger partial charge in [-0.15, -0.1) is 0 Å². The number of benzene rings is 1. The molecule has 1 amide bonds. The van der Waals surface area contributed by atoms with Crippen LogP contribution >= 0.6 is 0 Å². The Balaban J connectivity index is 1.87. The maximum atomic E-state index is 12.4. The number of carbonyl (C=O) groups excluding carboxylic acids is 1. The number of hydrogen-bond acceptors (Lipinski definition) is 2. The van der Waals surface area contributed by atoms with Crippen LogP contribution in [0.1, 0.15) is 30.5 Å². The van der Waals surface area contributed by atoms with Crippen LogP contribution in [0, 0.1) is 6.92 Å². The van der Waals surface area contributed by atoms with Crippen molar-refractivity contribution in [3.8, 4) is 0 Å². The fourth-order valence-electron chi connectivity index (χ4n) is 2.93. The summed E-state index contributed by atoms with van der Waals surface area (Å²) in [6.45, 7) is 3.87. The van der Waals surface area contributed by atoms with Crippen molar-refractivity contribution in [2.24, 2.45) is 0 Å². The van der Waals surface area contributed by atoms with Gasteiger partial charge in [0, 0.05) is 24.7 Å². The predicted molar refractivity (Wildman–Crippen MR) is 80.6 cm³/mol. The van der Waals surface area contributed by atoms with Crippen LogP contribution in [-0.4, -0.2) is 28.9 Å². The molecule has 2 aromatic rings. The molecular formula is C17H20N2O. The van der Waals surface area contributed by atoms with Crippen LogP contribution in [0.2, 0.25) is 0 Å². The van der Waals surface area contributed by atoms with E-state index in [0.717, 1.165) is 42.6 Å². The van der Waals surface area contributed by atoms with Crippen LogP contribution in [0.4, 0.5) is 0 Å². The van der Waals surface area contributed by atoms with E-state index in [2.05, 4.69) is 24.0 Å². The molecule has 1 aromatic heterocycles. The topological polar surface area (TPSA) is 33.2 Å². The number of aryl methyl sites for hydroxylation is 1. The lowest BCUT2D eigenvalue weighted by Crippen LogP contribution is -2.36. The Labute approximate surface area is 119 Å². The molecule has 1 aliphatic rings. The first-order valence-electron chi connectivity index (χ1n) is 7.37. The van der Waals surface area contributed by atoms with Crippen LogP contribution < -0.4 is 0 Å². The van der Waals surface area contributed by atoms with E-state index in [1.807, 2.05) is 23.2 Å². The van der Waals surface area contributed by atoms with Crippen molar-refractivity contribution in [2.75, 3.05) is 13.1 Å². The first-order chi connectivity index (χ1) is 9.75. The number of carbonyl (C=O) groups is 1. The molecule has 1 aliphatic heterocycles. The van der Waals surface area contributed by atoms with Gasteiger partial charge in [-0.25, -0.2) is 0 Å². The fourth-order valence-corrected chi connectivity index (χ4v) is 2.93. The van der Waals surface area contributed by atoms with Crippen LogP contribution in [0.3, 0.4) is 0 Å². The first kappa shape index (κ1) is 13.1. The molecule has 20 heavy (non-hydrogen) atoms. The van der Waals surface area contributed by atoms with Crippen molar-refractivity contribution in [1.82, 2.24) is 9.88 Å². The zero-order valence-corrected chi connectivity index (χ0v) is 11.9. The summed E-state index contributed by atoms with van der Waals surface area (Å²) < 4.78 is 0. The normalized spacial score (nSPS) is 15.6. The highest BCUT2D eigenvalue weighted by molar-refractivity contribution is 5.90. The second kappa shape index (κ2) is 5.61. The lowest BCUT2D eigenvalue weighted by Gasteiger charge is -2.26. The minimum atomic E-state index is 0.214. The van der Waals surface area contributed by atoms with Crippen molar-refractivity contribution in [2.45, 2.75) is 32.6 Å². The standard InChI is InChI=1S/C17H20N2O/c1-13-12-18-16(15-8-4-3-7-14(13)15)11-17(20)19-9-5-2-6-10-19/h3-4,7-8,12H,2,5-6,9-11H2,1H3. The highest BCUT2D eigenvalue weighted by Gasteiger charge is 2.18. The second-order valence-electron chi connectivity index (χ2n) is 5.55. The molecule has 0 spiro atoms. The van der Waals surface area contributed by atoms with Gasteiger partial charge in [-0.2, -0.15) is 0 Å². The van der Waals surface area contributed by atoms with E-state index in [1.54, 1.807) is 0 Å². The third kappa shape index (κ3) is 2.53. The Morgan fingerprint density at radius 1 is 1.15 bits per heavy atom. The number of rotatable bonds is 2. The SMILES string of the molecule is Cc1cnc(CC(=O)N2CCCCC2)c2ccccc12. The number of hydrogen-bond donors (Lipinski definition) is 0. The summed E-state index contributed by atoms with van der Waals surface area (Å²) in [6, 6.07) is 8.21. The largest absolute Gasteiger partial charge is 0.342 e. The van der Waals surface area contributed by atoms with Gasteiger partial charge < -0.3 is 4.90 Å². The zero-order valence-electron chi connectivity index (χ0n) is 11.9. The average Bonchev–Trinajstić information content (AvgIpc) is 2.51. The quantitative estimate of drug-likeness (QED) is 0.838. The predicted octanol–water partition coefficient (Wildman–Crippen LogP) is 3.10. The maximum Gasteiger partial charge on any atom is 0.228 e. The smallest absolute Gasteiger partial charge is 0.228 e. The summed E-state index contributed by atoms with van der Waals surface area (Å²) in [5.74, 6) is 0.214. The van der Waals surface area contributed by atoms with Crippen molar-refractivity contribution < 1.29 is 4.79 Å². The van der Waals surface area contributed by atoms with E-state index in [0.29, 0.717) is 6.42 Å². The summed E-state index contributed by atoms with van der Waals surface area (Å²) in [5.41, 5.74) is 2.07. The average molecular weight is 268 g/mol. The number of nitrogens with zero attached hydrogens (tertiary/aromatic N) is 2. The molecular weight excluding hydrogens is 248 g/mol. The van der Waals surface area contributed by atoms with Gasteiger partial charge in [0.1, 0.15) is 0 Å². The molecule has 0 atom stereocenters. The summed E-state index contributed by atoms with van der Waals surface area (Å²) in [6.07, 6.45) is 5.80. The molecule has 2 heterocycles. The van der Waals surface area contributed by atoms with Crippen LogP contribution in [0.25, 0.3) is 10.8 Å². The molecule has 1 fully saturated rings. The molecule has 0 bridgehead atoms. The molecule has 0 saturated carbocycles. The van der Waals surface area contributed by atoms with E-state index in [9.17, 15) is 4.79 Å². The van der Waals surface area contributed by atoms with Gasteiger partial charge in [0.25, 0.3) is 0 Å². The van der Waals surface area contributed by atoms with Crippen molar-refractivity contribution >= 4 is 16.7 Å². The Morgan fingerprint density at radius 3 is 2.60 bits per heavy atom. The van der Waals surface area contributed by atoms with Gasteiger partial charge >= 0.3 is 0 Å². The monoisotopic (exact) mass is 268 g/mol. The van der Waals surface area contributed by atoms with Crippen molar-refractivity contribution in [3.05, 3.63) is 41.7 Å². The van der Waals surface area contributed by atoms with Crippen LogP contribution in [0.5, 0.6) is 0 Å². The van der Waals surface area contributed by atoms with Gasteiger partial charge in [0.15, 0.2) is 0 Å². The minimum absolute atomic E-state index is 0.214. The third-order valence-corrected chi connectivity index (χ3v) is 4.10. The lowest BCUT2D eigenvalue weighted by molar-refractivity contribution is -0.131. The number of aromatic nitrogens is 1. The van der Waals surface area contributed by atoms with Crippen LogP contribution in [-0.2, 0) is 11.2 Å². The molecule has 3 heteroatoms. The van der Waals surface area contributed by atoms with Gasteiger partial charge in [-0.3, -0.25) is 9.78 Å². The Bertz CT molecular complexity index is 630. The minimum Gasteiger partial charge on any atom is -0.342 e. The van der Waals surface area contributed by atoms with E-state index < -0.39 is 0 Å². The summed E-state index contributed by atoms with van der Waals surface area (Å²) in [5, 5.41) is 2.31. The molecule has 104 valence electrons. The van der Waals surface area contributed by atoms with Gasteiger partial charge in [0.2, 0.25) is 5.91 Å². The molecule has 1 aromatic carbocycles. The first-order valence-corrected chi connectivity index (χ1v) is 7.37. The summed E-state index contributed by atoms with van der Waals surface area (Å²) in [7, 11) is 0. The molecule has 3 nitrogen and oxygen atoms in total. The van der Waals surface area contributed by atoms with Gasteiger partial charge in [-0.05, 0) is 37.1 Å². The second-order valence-corrected chi connectivity index (χ2v) is 5.55.